The molecule has 0 saturated heterocycles. The topological polar surface area (TPSA) is 60.5 Å². The second-order valence-electron chi connectivity index (χ2n) is 6.03. The van der Waals surface area contributed by atoms with Crippen LogP contribution in [0.3, 0.4) is 0 Å². The van der Waals surface area contributed by atoms with Crippen LogP contribution in [0.25, 0.3) is 0 Å². The van der Waals surface area contributed by atoms with Gasteiger partial charge in [0.2, 0.25) is 5.88 Å². The van der Waals surface area contributed by atoms with Gasteiger partial charge in [0.15, 0.2) is 0 Å². The molecule has 1 aromatic heterocycles. The monoisotopic (exact) mass is 360 g/mol. The van der Waals surface area contributed by atoms with Crippen LogP contribution in [0, 0.1) is 11.7 Å². The first-order valence-electron chi connectivity index (χ1n) is 8.86. The Bertz CT molecular complexity index is 650. The first-order chi connectivity index (χ1) is 12.7. The molecule has 0 radical (unpaired) electrons. The van der Waals surface area contributed by atoms with Gasteiger partial charge in [-0.2, -0.15) is 0 Å². The third kappa shape index (κ3) is 7.51. The van der Waals surface area contributed by atoms with E-state index < -0.39 is 6.09 Å². The first-order valence-corrected chi connectivity index (χ1v) is 8.86. The molecule has 2 aromatic rings. The predicted octanol–water partition coefficient (Wildman–Crippen LogP) is 4.33. The molecule has 1 N–H and O–H groups in total. The van der Waals surface area contributed by atoms with Crippen molar-refractivity contribution in [2.75, 3.05) is 13.2 Å². The van der Waals surface area contributed by atoms with E-state index in [4.69, 9.17) is 9.47 Å². The van der Waals surface area contributed by atoms with Gasteiger partial charge < -0.3 is 14.8 Å². The summed E-state index contributed by atoms with van der Waals surface area (Å²) >= 11 is 0. The Balaban J connectivity index is 1.58. The third-order valence-corrected chi connectivity index (χ3v) is 4.02. The molecule has 0 fully saturated rings. The molecule has 1 atom stereocenters. The standard InChI is InChI=1S/C20H25FN2O3/c1-2-16(14-25-19-11-10-18(21)13-23-19)9-6-12-22-20(24)26-15-17-7-4-3-5-8-17/h3-5,7-8,10-11,13,16H,2,6,9,12,14-15H2,1H3,(H,22,24). The third-order valence-electron chi connectivity index (χ3n) is 4.02. The highest BCUT2D eigenvalue weighted by atomic mass is 19.1. The molecule has 0 aliphatic carbocycles. The Hall–Kier alpha value is -2.63. The van der Waals surface area contributed by atoms with Crippen LogP contribution in [0.15, 0.2) is 48.7 Å². The van der Waals surface area contributed by atoms with Crippen LogP contribution in [0.4, 0.5) is 9.18 Å². The summed E-state index contributed by atoms with van der Waals surface area (Å²) in [5, 5.41) is 2.76. The van der Waals surface area contributed by atoms with Crippen LogP contribution in [-0.2, 0) is 11.3 Å². The molecule has 0 aliphatic heterocycles. The zero-order chi connectivity index (χ0) is 18.6. The van der Waals surface area contributed by atoms with E-state index in [0.29, 0.717) is 24.9 Å². The zero-order valence-electron chi connectivity index (χ0n) is 15.0. The smallest absolute Gasteiger partial charge is 0.407 e. The van der Waals surface area contributed by atoms with Crippen molar-refractivity contribution < 1.29 is 18.7 Å². The largest absolute Gasteiger partial charge is 0.477 e. The minimum absolute atomic E-state index is 0.267. The lowest BCUT2D eigenvalue weighted by molar-refractivity contribution is 0.139. The number of nitrogens with zero attached hydrogens (tertiary/aromatic N) is 1. The molecule has 26 heavy (non-hydrogen) atoms. The van der Waals surface area contributed by atoms with E-state index in [-0.39, 0.29) is 12.4 Å². The summed E-state index contributed by atoms with van der Waals surface area (Å²) in [6, 6.07) is 12.4. The fraction of sp³-hybridized carbons (Fsp3) is 0.400. The highest BCUT2D eigenvalue weighted by molar-refractivity contribution is 5.67. The molecule has 0 saturated carbocycles. The second kappa shape index (κ2) is 11.1. The maximum atomic E-state index is 12.8. The van der Waals surface area contributed by atoms with Crippen molar-refractivity contribution in [1.29, 1.82) is 0 Å². The summed E-state index contributed by atoms with van der Waals surface area (Å²) in [7, 11) is 0. The van der Waals surface area contributed by atoms with E-state index in [0.717, 1.165) is 31.0 Å². The number of nitrogens with one attached hydrogen (secondary N) is 1. The molecular formula is C20H25FN2O3. The first kappa shape index (κ1) is 19.7. The van der Waals surface area contributed by atoms with Gasteiger partial charge in [0.1, 0.15) is 12.4 Å². The molecule has 1 aromatic carbocycles. The number of aromatic nitrogens is 1. The normalized spacial score (nSPS) is 11.6. The SMILES string of the molecule is CCC(CCCNC(=O)OCc1ccccc1)COc1ccc(F)cn1. The Kier molecular flexibility index (Phi) is 8.39. The lowest BCUT2D eigenvalue weighted by Crippen LogP contribution is -2.26. The Morgan fingerprint density at radius 3 is 2.73 bits per heavy atom. The van der Waals surface area contributed by atoms with E-state index in [9.17, 15) is 9.18 Å². The van der Waals surface area contributed by atoms with E-state index in [1.165, 1.54) is 12.1 Å². The van der Waals surface area contributed by atoms with Crippen LogP contribution in [0.2, 0.25) is 0 Å². The Morgan fingerprint density at radius 2 is 2.04 bits per heavy atom. The zero-order valence-corrected chi connectivity index (χ0v) is 15.0. The number of hydrogen-bond donors (Lipinski definition) is 1. The molecule has 0 spiro atoms. The van der Waals surface area contributed by atoms with Gasteiger partial charge in [-0.05, 0) is 30.4 Å². The molecular weight excluding hydrogens is 335 g/mol. The number of halogens is 1. The Labute approximate surface area is 153 Å². The average Bonchev–Trinajstić information content (AvgIpc) is 2.68. The summed E-state index contributed by atoms with van der Waals surface area (Å²) in [5.41, 5.74) is 0.959. The molecule has 1 heterocycles. The van der Waals surface area contributed by atoms with Gasteiger partial charge in [0.25, 0.3) is 0 Å². The number of rotatable bonds is 10. The quantitative estimate of drug-likeness (QED) is 0.641. The highest BCUT2D eigenvalue weighted by Crippen LogP contribution is 2.14. The molecule has 2 rings (SSSR count). The van der Waals surface area contributed by atoms with Crippen LogP contribution in [0.1, 0.15) is 31.7 Å². The lowest BCUT2D eigenvalue weighted by Gasteiger charge is -2.15. The number of amides is 1. The number of benzene rings is 1. The van der Waals surface area contributed by atoms with E-state index in [1.807, 2.05) is 30.3 Å². The number of alkyl carbamates (subject to hydrolysis) is 1. The van der Waals surface area contributed by atoms with Crippen molar-refractivity contribution in [1.82, 2.24) is 10.3 Å². The molecule has 140 valence electrons. The lowest BCUT2D eigenvalue weighted by atomic mass is 10.0. The average molecular weight is 360 g/mol. The number of carbonyl (C=O) groups is 1. The molecule has 0 aliphatic rings. The fourth-order valence-electron chi connectivity index (χ4n) is 2.41. The van der Waals surface area contributed by atoms with Crippen LogP contribution < -0.4 is 10.1 Å². The van der Waals surface area contributed by atoms with Crippen molar-refractivity contribution in [3.05, 3.63) is 60.0 Å². The summed E-state index contributed by atoms with van der Waals surface area (Å²) in [6.07, 6.45) is 3.44. The van der Waals surface area contributed by atoms with Crippen molar-refractivity contribution in [3.63, 3.8) is 0 Å². The number of ether oxygens (including phenoxy) is 2. The molecule has 6 heteroatoms. The van der Waals surface area contributed by atoms with Crippen LogP contribution in [0.5, 0.6) is 5.88 Å². The summed E-state index contributed by atoms with van der Waals surface area (Å²) in [5.74, 6) is 0.395. The minimum atomic E-state index is -0.409. The molecule has 5 nitrogen and oxygen atoms in total. The number of pyridine rings is 1. The highest BCUT2D eigenvalue weighted by Gasteiger charge is 2.09. The molecule has 1 amide bonds. The van der Waals surface area contributed by atoms with Gasteiger partial charge in [-0.3, -0.25) is 0 Å². The van der Waals surface area contributed by atoms with Gasteiger partial charge in [-0.15, -0.1) is 0 Å². The summed E-state index contributed by atoms with van der Waals surface area (Å²) in [6.45, 7) is 3.43. The summed E-state index contributed by atoms with van der Waals surface area (Å²) in [4.78, 5) is 15.6. The van der Waals surface area contributed by atoms with Crippen molar-refractivity contribution >= 4 is 6.09 Å². The van der Waals surface area contributed by atoms with Crippen LogP contribution >= 0.6 is 0 Å². The van der Waals surface area contributed by atoms with Crippen molar-refractivity contribution in [2.45, 2.75) is 32.8 Å². The molecule has 1 unspecified atom stereocenters. The fourth-order valence-corrected chi connectivity index (χ4v) is 2.41. The van der Waals surface area contributed by atoms with Gasteiger partial charge in [0.05, 0.1) is 12.8 Å². The minimum Gasteiger partial charge on any atom is -0.477 e. The maximum absolute atomic E-state index is 12.8. The second-order valence-corrected chi connectivity index (χ2v) is 6.03. The number of carbonyl (C=O) groups excluding carboxylic acids is 1. The van der Waals surface area contributed by atoms with Crippen LogP contribution in [-0.4, -0.2) is 24.2 Å². The van der Waals surface area contributed by atoms with Gasteiger partial charge >= 0.3 is 6.09 Å². The van der Waals surface area contributed by atoms with Crippen molar-refractivity contribution in [2.24, 2.45) is 5.92 Å². The Morgan fingerprint density at radius 1 is 1.23 bits per heavy atom. The maximum Gasteiger partial charge on any atom is 0.407 e. The predicted molar refractivity (Wildman–Crippen MR) is 97.3 cm³/mol. The van der Waals surface area contributed by atoms with E-state index >= 15 is 0 Å². The summed E-state index contributed by atoms with van der Waals surface area (Å²) < 4.78 is 23.6. The van der Waals surface area contributed by atoms with E-state index in [1.54, 1.807) is 0 Å². The van der Waals surface area contributed by atoms with E-state index in [2.05, 4.69) is 17.2 Å². The van der Waals surface area contributed by atoms with Gasteiger partial charge in [-0.25, -0.2) is 14.2 Å². The van der Waals surface area contributed by atoms with Gasteiger partial charge in [0, 0.05) is 12.6 Å². The van der Waals surface area contributed by atoms with Gasteiger partial charge in [-0.1, -0.05) is 43.7 Å². The molecule has 0 bridgehead atoms. The number of hydrogen-bond acceptors (Lipinski definition) is 4. The van der Waals surface area contributed by atoms with Crippen molar-refractivity contribution in [3.8, 4) is 5.88 Å².